The van der Waals surface area contributed by atoms with Crippen molar-refractivity contribution in [2.45, 2.75) is 12.8 Å². The van der Waals surface area contributed by atoms with E-state index in [1.165, 1.54) is 12.3 Å². The number of pyridine rings is 1. The van der Waals surface area contributed by atoms with Gasteiger partial charge < -0.3 is 9.47 Å². The van der Waals surface area contributed by atoms with Crippen molar-refractivity contribution in [3.05, 3.63) is 28.0 Å². The average Bonchev–Trinajstić information content (AvgIpc) is 2.40. The predicted octanol–water partition coefficient (Wildman–Crippen LogP) is 2.97. The van der Waals surface area contributed by atoms with E-state index in [-0.39, 0.29) is 10.2 Å². The maximum atomic E-state index is 11.8. The van der Waals surface area contributed by atoms with Crippen LogP contribution in [0.4, 0.5) is 0 Å². The van der Waals surface area contributed by atoms with Gasteiger partial charge in [-0.05, 0) is 24.8 Å². The molecule has 1 fully saturated rings. The third-order valence-electron chi connectivity index (χ3n) is 2.82. The smallest absolute Gasteiger partial charge is 0.339 e. The fourth-order valence-corrected chi connectivity index (χ4v) is 1.99. The minimum absolute atomic E-state index is 0.178. The summed E-state index contributed by atoms with van der Waals surface area (Å²) in [7, 11) is 0. The fraction of sp³-hybridized carbons (Fsp3) is 0.500. The number of ether oxygens (including phenoxy) is 2. The number of carbonyl (C=O) groups is 1. The highest BCUT2D eigenvalue weighted by molar-refractivity contribution is 6.41. The Hall–Kier alpha value is -0.840. The molecule has 0 aromatic carbocycles. The zero-order valence-corrected chi connectivity index (χ0v) is 11.2. The van der Waals surface area contributed by atoms with E-state index in [0.717, 1.165) is 26.1 Å². The lowest BCUT2D eigenvalue weighted by Crippen LogP contribution is -2.22. The Morgan fingerprint density at radius 2 is 2.17 bits per heavy atom. The van der Waals surface area contributed by atoms with E-state index in [0.29, 0.717) is 18.1 Å². The molecule has 6 heteroatoms. The van der Waals surface area contributed by atoms with E-state index in [1.807, 2.05) is 0 Å². The molecular formula is C12H13Cl2NO3. The molecule has 0 spiro atoms. The van der Waals surface area contributed by atoms with Crippen molar-refractivity contribution < 1.29 is 14.3 Å². The van der Waals surface area contributed by atoms with E-state index in [2.05, 4.69) is 4.98 Å². The van der Waals surface area contributed by atoms with Crippen LogP contribution in [0.15, 0.2) is 12.3 Å². The average molecular weight is 290 g/mol. The SMILES string of the molecule is O=C(OCC1CCOCC1)c1cnc(Cl)c(Cl)c1. The molecule has 1 aromatic rings. The molecule has 0 amide bonds. The Morgan fingerprint density at radius 3 is 2.83 bits per heavy atom. The van der Waals surface area contributed by atoms with Gasteiger partial charge in [0, 0.05) is 19.4 Å². The largest absolute Gasteiger partial charge is 0.462 e. The topological polar surface area (TPSA) is 48.4 Å². The predicted molar refractivity (Wildman–Crippen MR) is 68.1 cm³/mol. The van der Waals surface area contributed by atoms with Gasteiger partial charge >= 0.3 is 5.97 Å². The number of carbonyl (C=O) groups excluding carboxylic acids is 1. The van der Waals surface area contributed by atoms with Crippen molar-refractivity contribution in [2.24, 2.45) is 5.92 Å². The molecule has 0 radical (unpaired) electrons. The van der Waals surface area contributed by atoms with Crippen LogP contribution in [0.5, 0.6) is 0 Å². The summed E-state index contributed by atoms with van der Waals surface area (Å²) in [5.41, 5.74) is 0.316. The van der Waals surface area contributed by atoms with Gasteiger partial charge in [-0.3, -0.25) is 0 Å². The van der Waals surface area contributed by atoms with Crippen molar-refractivity contribution in [1.82, 2.24) is 4.98 Å². The number of rotatable bonds is 3. The molecule has 1 aliphatic rings. The molecule has 0 unspecified atom stereocenters. The second-order valence-corrected chi connectivity index (χ2v) is 4.92. The monoisotopic (exact) mass is 289 g/mol. The van der Waals surface area contributed by atoms with Gasteiger partial charge in [-0.25, -0.2) is 9.78 Å². The molecular weight excluding hydrogens is 277 g/mol. The van der Waals surface area contributed by atoms with Crippen LogP contribution in [0.3, 0.4) is 0 Å². The van der Waals surface area contributed by atoms with Gasteiger partial charge in [-0.1, -0.05) is 23.2 Å². The second-order valence-electron chi connectivity index (χ2n) is 4.15. The van der Waals surface area contributed by atoms with Crippen molar-refractivity contribution in [1.29, 1.82) is 0 Å². The second kappa shape index (κ2) is 6.36. The lowest BCUT2D eigenvalue weighted by atomic mass is 10.0. The zero-order valence-electron chi connectivity index (χ0n) is 9.70. The fourth-order valence-electron chi connectivity index (χ4n) is 1.72. The molecule has 0 N–H and O–H groups in total. The first-order valence-corrected chi connectivity index (χ1v) is 6.48. The van der Waals surface area contributed by atoms with Crippen LogP contribution >= 0.6 is 23.2 Å². The minimum atomic E-state index is -0.424. The van der Waals surface area contributed by atoms with E-state index in [4.69, 9.17) is 32.7 Å². The standard InChI is InChI=1S/C12H13Cl2NO3/c13-10-5-9(6-15-11(10)14)12(16)18-7-8-1-3-17-4-2-8/h5-6,8H,1-4,7H2. The van der Waals surface area contributed by atoms with Crippen LogP contribution in [0.2, 0.25) is 10.2 Å². The highest BCUT2D eigenvalue weighted by atomic mass is 35.5. The maximum absolute atomic E-state index is 11.8. The van der Waals surface area contributed by atoms with E-state index >= 15 is 0 Å². The first-order valence-electron chi connectivity index (χ1n) is 5.72. The molecule has 0 aliphatic carbocycles. The van der Waals surface area contributed by atoms with Crippen molar-refractivity contribution in [2.75, 3.05) is 19.8 Å². The van der Waals surface area contributed by atoms with Crippen LogP contribution in [0, 0.1) is 5.92 Å². The number of hydrogen-bond acceptors (Lipinski definition) is 4. The Morgan fingerprint density at radius 1 is 1.44 bits per heavy atom. The van der Waals surface area contributed by atoms with Gasteiger partial charge in [0.05, 0.1) is 17.2 Å². The van der Waals surface area contributed by atoms with Crippen molar-refractivity contribution in [3.8, 4) is 0 Å². The molecule has 2 rings (SSSR count). The van der Waals surface area contributed by atoms with Crippen LogP contribution in [0.1, 0.15) is 23.2 Å². The number of halogens is 2. The Labute approximate surface area is 115 Å². The molecule has 18 heavy (non-hydrogen) atoms. The molecule has 98 valence electrons. The summed E-state index contributed by atoms with van der Waals surface area (Å²) in [5.74, 6) is -0.0500. The van der Waals surface area contributed by atoms with Gasteiger partial charge in [-0.2, -0.15) is 0 Å². The van der Waals surface area contributed by atoms with Crippen LogP contribution in [-0.2, 0) is 9.47 Å². The molecule has 4 nitrogen and oxygen atoms in total. The number of esters is 1. The minimum Gasteiger partial charge on any atom is -0.462 e. The lowest BCUT2D eigenvalue weighted by Gasteiger charge is -2.21. The van der Waals surface area contributed by atoms with Gasteiger partial charge in [0.1, 0.15) is 5.15 Å². The number of hydrogen-bond donors (Lipinski definition) is 0. The summed E-state index contributed by atoms with van der Waals surface area (Å²) in [6.45, 7) is 1.87. The summed E-state index contributed by atoms with van der Waals surface area (Å²) in [6.07, 6.45) is 3.21. The Bertz CT molecular complexity index is 433. The molecule has 0 atom stereocenters. The lowest BCUT2D eigenvalue weighted by molar-refractivity contribution is 0.0185. The van der Waals surface area contributed by atoms with Gasteiger partial charge in [-0.15, -0.1) is 0 Å². The summed E-state index contributed by atoms with van der Waals surface area (Å²) >= 11 is 11.5. The van der Waals surface area contributed by atoms with Crippen LogP contribution in [-0.4, -0.2) is 30.8 Å². The van der Waals surface area contributed by atoms with E-state index < -0.39 is 5.97 Å². The molecule has 2 heterocycles. The summed E-state index contributed by atoms with van der Waals surface area (Å²) in [6, 6.07) is 1.46. The first kappa shape index (κ1) is 13.6. The van der Waals surface area contributed by atoms with Gasteiger partial charge in [0.15, 0.2) is 0 Å². The Balaban J connectivity index is 1.88. The molecule has 0 saturated carbocycles. The summed E-state index contributed by atoms with van der Waals surface area (Å²) in [5, 5.41) is 0.426. The van der Waals surface area contributed by atoms with Gasteiger partial charge in [0.25, 0.3) is 0 Å². The maximum Gasteiger partial charge on any atom is 0.339 e. The molecule has 0 bridgehead atoms. The molecule has 1 aliphatic heterocycles. The van der Waals surface area contributed by atoms with E-state index in [1.54, 1.807) is 0 Å². The van der Waals surface area contributed by atoms with E-state index in [9.17, 15) is 4.79 Å². The highest BCUT2D eigenvalue weighted by Crippen LogP contribution is 2.21. The molecule has 1 saturated heterocycles. The van der Waals surface area contributed by atoms with Crippen LogP contribution < -0.4 is 0 Å². The normalized spacial score (nSPS) is 16.6. The first-order chi connectivity index (χ1) is 8.66. The number of aromatic nitrogens is 1. The number of nitrogens with zero attached hydrogens (tertiary/aromatic N) is 1. The van der Waals surface area contributed by atoms with Crippen molar-refractivity contribution in [3.63, 3.8) is 0 Å². The summed E-state index contributed by atoms with van der Waals surface area (Å²) in [4.78, 5) is 15.6. The summed E-state index contributed by atoms with van der Waals surface area (Å²) < 4.78 is 10.5. The Kier molecular flexibility index (Phi) is 4.80. The molecule has 1 aromatic heterocycles. The van der Waals surface area contributed by atoms with Gasteiger partial charge in [0.2, 0.25) is 0 Å². The van der Waals surface area contributed by atoms with Crippen molar-refractivity contribution >= 4 is 29.2 Å². The zero-order chi connectivity index (χ0) is 13.0. The highest BCUT2D eigenvalue weighted by Gasteiger charge is 2.17. The third-order valence-corrected chi connectivity index (χ3v) is 3.51. The third kappa shape index (κ3) is 3.57. The van der Waals surface area contributed by atoms with Crippen LogP contribution in [0.25, 0.3) is 0 Å². The quantitative estimate of drug-likeness (QED) is 0.634.